The number of nitrogens with one attached hydrogen (secondary N) is 1. The molecule has 0 unspecified atom stereocenters. The van der Waals surface area contributed by atoms with Gasteiger partial charge in [-0.3, -0.25) is 4.98 Å². The number of nitrogens with zero attached hydrogens (tertiary/aromatic N) is 2. The summed E-state index contributed by atoms with van der Waals surface area (Å²) in [6.45, 7) is 3.93. The van der Waals surface area contributed by atoms with Crippen LogP contribution in [0.15, 0.2) is 18.3 Å². The zero-order chi connectivity index (χ0) is 14.8. The third-order valence-electron chi connectivity index (χ3n) is 3.56. The molecule has 2 heterocycles. The van der Waals surface area contributed by atoms with E-state index in [1.807, 2.05) is 26.0 Å². The first-order valence-corrected chi connectivity index (χ1v) is 6.73. The number of hydrogen-bond donors (Lipinski definition) is 1. The molecule has 2 rings (SSSR count). The Kier molecular flexibility index (Phi) is 4.20. The predicted octanol–water partition coefficient (Wildman–Crippen LogP) is 2.89. The summed E-state index contributed by atoms with van der Waals surface area (Å²) in [6.07, 6.45) is 1.19. The largest absolute Gasteiger partial charge is 0.331 e. The SMILES string of the molecule is Cc1ccc([C@H](C)NC(=O)N2CCC(F)(F)CC2)cn1. The number of halogens is 2. The van der Waals surface area contributed by atoms with Gasteiger partial charge in [0, 0.05) is 37.8 Å². The highest BCUT2D eigenvalue weighted by Gasteiger charge is 2.35. The fourth-order valence-electron chi connectivity index (χ4n) is 2.13. The normalized spacial score (nSPS) is 19.5. The average Bonchev–Trinajstić information content (AvgIpc) is 2.39. The number of rotatable bonds is 2. The van der Waals surface area contributed by atoms with Crippen molar-refractivity contribution in [2.75, 3.05) is 13.1 Å². The molecule has 0 saturated carbocycles. The Morgan fingerprint density at radius 1 is 1.40 bits per heavy atom. The van der Waals surface area contributed by atoms with Gasteiger partial charge in [0.25, 0.3) is 5.92 Å². The molecule has 4 nitrogen and oxygen atoms in total. The predicted molar refractivity (Wildman–Crippen MR) is 71.7 cm³/mol. The van der Waals surface area contributed by atoms with Crippen LogP contribution < -0.4 is 5.32 Å². The molecule has 6 heteroatoms. The molecular weight excluding hydrogens is 264 g/mol. The molecular formula is C14H19F2N3O. The highest BCUT2D eigenvalue weighted by molar-refractivity contribution is 5.74. The number of hydrogen-bond acceptors (Lipinski definition) is 2. The zero-order valence-electron chi connectivity index (χ0n) is 11.7. The summed E-state index contributed by atoms with van der Waals surface area (Å²) >= 11 is 0. The number of amides is 2. The number of alkyl halides is 2. The van der Waals surface area contributed by atoms with E-state index in [0.29, 0.717) is 0 Å². The summed E-state index contributed by atoms with van der Waals surface area (Å²) in [6, 6.07) is 3.28. The number of pyridine rings is 1. The number of aromatic nitrogens is 1. The third kappa shape index (κ3) is 3.65. The van der Waals surface area contributed by atoms with Gasteiger partial charge in [-0.2, -0.15) is 0 Å². The van der Waals surface area contributed by atoms with Crippen molar-refractivity contribution in [3.63, 3.8) is 0 Å². The highest BCUT2D eigenvalue weighted by Crippen LogP contribution is 2.27. The second kappa shape index (κ2) is 5.73. The van der Waals surface area contributed by atoms with E-state index in [1.165, 1.54) is 4.90 Å². The van der Waals surface area contributed by atoms with Gasteiger partial charge in [0.05, 0.1) is 6.04 Å². The summed E-state index contributed by atoms with van der Waals surface area (Å²) in [4.78, 5) is 17.6. The standard InChI is InChI=1S/C14H19F2N3O/c1-10-3-4-12(9-17-10)11(2)18-13(20)19-7-5-14(15,16)6-8-19/h3-4,9,11H,5-8H2,1-2H3,(H,18,20)/t11-/m0/s1. The Labute approximate surface area is 117 Å². The lowest BCUT2D eigenvalue weighted by molar-refractivity contribution is -0.0470. The fourth-order valence-corrected chi connectivity index (χ4v) is 2.13. The minimum atomic E-state index is -2.64. The summed E-state index contributed by atoms with van der Waals surface area (Å²) in [5.41, 5.74) is 1.80. The lowest BCUT2D eigenvalue weighted by Crippen LogP contribution is -2.47. The molecule has 0 aliphatic carbocycles. The van der Waals surface area contributed by atoms with Crippen molar-refractivity contribution >= 4 is 6.03 Å². The molecule has 0 aromatic carbocycles. The minimum absolute atomic E-state index is 0.0949. The lowest BCUT2D eigenvalue weighted by atomic mass is 10.1. The molecule has 0 spiro atoms. The van der Waals surface area contributed by atoms with Crippen LogP contribution in [0.3, 0.4) is 0 Å². The Bertz CT molecular complexity index is 466. The van der Waals surface area contributed by atoms with Crippen LogP contribution in [0, 0.1) is 6.92 Å². The van der Waals surface area contributed by atoms with Gasteiger partial charge in [0.15, 0.2) is 0 Å². The molecule has 1 atom stereocenters. The number of urea groups is 1. The van der Waals surface area contributed by atoms with Gasteiger partial charge in [-0.15, -0.1) is 0 Å². The molecule has 1 N–H and O–H groups in total. The third-order valence-corrected chi connectivity index (χ3v) is 3.56. The molecule has 1 aromatic heterocycles. The summed E-state index contributed by atoms with van der Waals surface area (Å²) < 4.78 is 26.1. The molecule has 1 aliphatic heterocycles. The van der Waals surface area contributed by atoms with E-state index >= 15 is 0 Å². The highest BCUT2D eigenvalue weighted by atomic mass is 19.3. The van der Waals surface area contributed by atoms with Crippen molar-refractivity contribution in [1.82, 2.24) is 15.2 Å². The summed E-state index contributed by atoms with van der Waals surface area (Å²) in [7, 11) is 0. The Hall–Kier alpha value is -1.72. The lowest BCUT2D eigenvalue weighted by Gasteiger charge is -2.32. The van der Waals surface area contributed by atoms with E-state index in [0.717, 1.165) is 11.3 Å². The van der Waals surface area contributed by atoms with Gasteiger partial charge in [0.2, 0.25) is 0 Å². The van der Waals surface area contributed by atoms with Crippen LogP contribution in [0.25, 0.3) is 0 Å². The van der Waals surface area contributed by atoms with Crippen molar-refractivity contribution in [3.05, 3.63) is 29.6 Å². The quantitative estimate of drug-likeness (QED) is 0.907. The van der Waals surface area contributed by atoms with E-state index in [4.69, 9.17) is 0 Å². The molecule has 0 radical (unpaired) electrons. The van der Waals surface area contributed by atoms with Gasteiger partial charge in [-0.05, 0) is 25.5 Å². The maximum atomic E-state index is 13.0. The average molecular weight is 283 g/mol. The van der Waals surface area contributed by atoms with E-state index < -0.39 is 5.92 Å². The summed E-state index contributed by atoms with van der Waals surface area (Å²) in [5.74, 6) is -2.64. The Balaban J connectivity index is 1.90. The van der Waals surface area contributed by atoms with Crippen LogP contribution in [-0.4, -0.2) is 34.9 Å². The molecule has 1 aliphatic rings. The second-order valence-electron chi connectivity index (χ2n) is 5.25. The van der Waals surface area contributed by atoms with Crippen LogP contribution in [0.5, 0.6) is 0 Å². The monoisotopic (exact) mass is 283 g/mol. The van der Waals surface area contributed by atoms with Crippen LogP contribution >= 0.6 is 0 Å². The topological polar surface area (TPSA) is 45.2 Å². The molecule has 110 valence electrons. The van der Waals surface area contributed by atoms with Crippen molar-refractivity contribution in [3.8, 4) is 0 Å². The maximum Gasteiger partial charge on any atom is 0.317 e. The van der Waals surface area contributed by atoms with Crippen LogP contribution in [-0.2, 0) is 0 Å². The Morgan fingerprint density at radius 3 is 2.60 bits per heavy atom. The van der Waals surface area contributed by atoms with Crippen molar-refractivity contribution in [2.24, 2.45) is 0 Å². The van der Waals surface area contributed by atoms with Gasteiger partial charge in [0.1, 0.15) is 0 Å². The van der Waals surface area contributed by atoms with E-state index in [-0.39, 0.29) is 38.0 Å². The second-order valence-corrected chi connectivity index (χ2v) is 5.25. The van der Waals surface area contributed by atoms with Gasteiger partial charge in [-0.25, -0.2) is 13.6 Å². The van der Waals surface area contributed by atoms with E-state index in [9.17, 15) is 13.6 Å². The molecule has 20 heavy (non-hydrogen) atoms. The van der Waals surface area contributed by atoms with Gasteiger partial charge >= 0.3 is 6.03 Å². The first-order chi connectivity index (χ1) is 9.37. The molecule has 0 bridgehead atoms. The fraction of sp³-hybridized carbons (Fsp3) is 0.571. The van der Waals surface area contributed by atoms with Crippen LogP contribution in [0.1, 0.15) is 37.1 Å². The smallest absolute Gasteiger partial charge is 0.317 e. The molecule has 1 saturated heterocycles. The molecule has 2 amide bonds. The molecule has 1 aromatic rings. The number of piperidine rings is 1. The van der Waals surface area contributed by atoms with Crippen molar-refractivity contribution in [2.45, 2.75) is 38.7 Å². The van der Waals surface area contributed by atoms with Crippen LogP contribution in [0.4, 0.5) is 13.6 Å². The zero-order valence-corrected chi connectivity index (χ0v) is 11.7. The minimum Gasteiger partial charge on any atom is -0.331 e. The maximum absolute atomic E-state index is 13.0. The number of aryl methyl sites for hydroxylation is 1. The Morgan fingerprint density at radius 2 is 2.05 bits per heavy atom. The van der Waals surface area contributed by atoms with Crippen LogP contribution in [0.2, 0.25) is 0 Å². The number of likely N-dealkylation sites (tertiary alicyclic amines) is 1. The summed E-state index contributed by atoms with van der Waals surface area (Å²) in [5, 5.41) is 2.81. The van der Waals surface area contributed by atoms with Gasteiger partial charge < -0.3 is 10.2 Å². The number of carbonyl (C=O) groups is 1. The molecule has 1 fully saturated rings. The number of carbonyl (C=O) groups excluding carboxylic acids is 1. The van der Waals surface area contributed by atoms with Crippen molar-refractivity contribution in [1.29, 1.82) is 0 Å². The van der Waals surface area contributed by atoms with Gasteiger partial charge in [-0.1, -0.05) is 6.07 Å². The van der Waals surface area contributed by atoms with Crippen molar-refractivity contribution < 1.29 is 13.6 Å². The van der Waals surface area contributed by atoms with E-state index in [2.05, 4.69) is 10.3 Å². The van der Waals surface area contributed by atoms with E-state index in [1.54, 1.807) is 6.20 Å². The first kappa shape index (κ1) is 14.7. The first-order valence-electron chi connectivity index (χ1n) is 6.73.